The van der Waals surface area contributed by atoms with Crippen LogP contribution in [-0.4, -0.2) is 21.1 Å². The largest absolute Gasteiger partial charge is 0.497 e. The highest BCUT2D eigenvalue weighted by atomic mass is 16.5. The van der Waals surface area contributed by atoms with E-state index in [9.17, 15) is 0 Å². The molecule has 0 aliphatic heterocycles. The summed E-state index contributed by atoms with van der Waals surface area (Å²) in [4.78, 5) is 5.25. The van der Waals surface area contributed by atoms with Crippen LogP contribution in [0.25, 0.3) is 45.2 Å². The standard InChI is InChI=1S/C31H25N3O/c1-22-10-9-15-26(20-22)34-28(23-16-18-27(35-2)19-17-23)21-33-30(25-13-7-4-8-14-25)29(32-31(33)34)24-11-5-3-6-12-24/h3-21H,1-2H3. The summed E-state index contributed by atoms with van der Waals surface area (Å²) in [6, 6.07) is 37.6. The molecule has 4 aromatic carbocycles. The molecule has 0 unspecified atom stereocenters. The molecule has 0 aliphatic rings. The number of fused-ring (bicyclic) bond motifs is 1. The number of methoxy groups -OCH3 is 1. The predicted molar refractivity (Wildman–Crippen MR) is 142 cm³/mol. The first-order valence-corrected chi connectivity index (χ1v) is 11.7. The highest BCUT2D eigenvalue weighted by molar-refractivity contribution is 5.83. The monoisotopic (exact) mass is 455 g/mol. The van der Waals surface area contributed by atoms with E-state index in [2.05, 4.69) is 107 Å². The number of aromatic nitrogens is 3. The maximum atomic E-state index is 5.40. The summed E-state index contributed by atoms with van der Waals surface area (Å²) < 4.78 is 9.86. The van der Waals surface area contributed by atoms with E-state index in [0.29, 0.717) is 0 Å². The van der Waals surface area contributed by atoms with Crippen LogP contribution in [0.2, 0.25) is 0 Å². The van der Waals surface area contributed by atoms with Crippen molar-refractivity contribution in [2.24, 2.45) is 0 Å². The molecule has 0 bridgehead atoms. The van der Waals surface area contributed by atoms with Gasteiger partial charge in [-0.3, -0.25) is 8.97 Å². The first-order valence-electron chi connectivity index (χ1n) is 11.7. The van der Waals surface area contributed by atoms with Crippen LogP contribution in [0.4, 0.5) is 0 Å². The van der Waals surface area contributed by atoms with Gasteiger partial charge < -0.3 is 4.74 Å². The third kappa shape index (κ3) is 3.69. The molecule has 6 rings (SSSR count). The first kappa shape index (κ1) is 21.0. The molecule has 4 heteroatoms. The van der Waals surface area contributed by atoms with Gasteiger partial charge in [0.15, 0.2) is 0 Å². The van der Waals surface area contributed by atoms with Crippen LogP contribution in [0.3, 0.4) is 0 Å². The van der Waals surface area contributed by atoms with E-state index >= 15 is 0 Å². The van der Waals surface area contributed by atoms with Gasteiger partial charge in [-0.05, 0) is 48.9 Å². The SMILES string of the molecule is COc1ccc(-c2cn3c(-c4ccccc4)c(-c4ccccc4)nc3n2-c2cccc(C)c2)cc1. The van der Waals surface area contributed by atoms with Crippen LogP contribution in [-0.2, 0) is 0 Å². The fourth-order valence-corrected chi connectivity index (χ4v) is 4.64. The number of aryl methyl sites for hydroxylation is 1. The molecule has 35 heavy (non-hydrogen) atoms. The van der Waals surface area contributed by atoms with Crippen molar-refractivity contribution in [1.82, 2.24) is 14.0 Å². The summed E-state index contributed by atoms with van der Waals surface area (Å²) in [6.45, 7) is 2.12. The van der Waals surface area contributed by atoms with Crippen LogP contribution in [0, 0.1) is 6.92 Å². The summed E-state index contributed by atoms with van der Waals surface area (Å²) in [5.41, 5.74) is 8.71. The smallest absolute Gasteiger partial charge is 0.220 e. The van der Waals surface area contributed by atoms with Crippen LogP contribution in [0.15, 0.2) is 115 Å². The normalized spacial score (nSPS) is 11.1. The minimum atomic E-state index is 0.837. The minimum absolute atomic E-state index is 0.837. The molecule has 2 heterocycles. The van der Waals surface area contributed by atoms with E-state index in [1.54, 1.807) is 7.11 Å². The lowest BCUT2D eigenvalue weighted by Gasteiger charge is -2.10. The Labute approximate surface area is 204 Å². The van der Waals surface area contributed by atoms with E-state index in [0.717, 1.165) is 51.0 Å². The molecule has 0 fully saturated rings. The molecule has 170 valence electrons. The van der Waals surface area contributed by atoms with Crippen molar-refractivity contribution in [3.05, 3.63) is 121 Å². The van der Waals surface area contributed by atoms with Gasteiger partial charge in [-0.2, -0.15) is 0 Å². The van der Waals surface area contributed by atoms with Gasteiger partial charge in [0.05, 0.1) is 24.2 Å². The molecule has 0 saturated heterocycles. The summed E-state index contributed by atoms with van der Waals surface area (Å²) in [5, 5.41) is 0. The molecular formula is C31H25N3O. The van der Waals surface area contributed by atoms with Gasteiger partial charge in [-0.1, -0.05) is 72.8 Å². The zero-order valence-corrected chi connectivity index (χ0v) is 19.7. The summed E-state index contributed by atoms with van der Waals surface area (Å²) >= 11 is 0. The van der Waals surface area contributed by atoms with Gasteiger partial charge in [0.2, 0.25) is 5.78 Å². The van der Waals surface area contributed by atoms with E-state index in [1.807, 2.05) is 24.3 Å². The third-order valence-corrected chi connectivity index (χ3v) is 6.32. The molecule has 0 spiro atoms. The summed E-state index contributed by atoms with van der Waals surface area (Å²) in [5.74, 6) is 1.71. The topological polar surface area (TPSA) is 31.5 Å². The Morgan fingerprint density at radius 1 is 0.686 bits per heavy atom. The molecule has 4 nitrogen and oxygen atoms in total. The summed E-state index contributed by atoms with van der Waals surface area (Å²) in [7, 11) is 1.69. The Bertz CT molecular complexity index is 1610. The Hall–Kier alpha value is -4.57. The van der Waals surface area contributed by atoms with Crippen molar-refractivity contribution in [2.45, 2.75) is 6.92 Å². The van der Waals surface area contributed by atoms with Crippen LogP contribution in [0.5, 0.6) is 5.75 Å². The number of imidazole rings is 2. The lowest BCUT2D eigenvalue weighted by Crippen LogP contribution is -1.98. The van der Waals surface area contributed by atoms with Gasteiger partial charge in [0, 0.05) is 28.6 Å². The van der Waals surface area contributed by atoms with Crippen molar-refractivity contribution in [3.8, 4) is 45.2 Å². The Kier molecular flexibility index (Phi) is 5.19. The van der Waals surface area contributed by atoms with Gasteiger partial charge >= 0.3 is 0 Å². The molecule has 0 atom stereocenters. The van der Waals surface area contributed by atoms with Gasteiger partial charge in [-0.25, -0.2) is 4.98 Å². The van der Waals surface area contributed by atoms with Gasteiger partial charge in [-0.15, -0.1) is 0 Å². The van der Waals surface area contributed by atoms with Gasteiger partial charge in [0.1, 0.15) is 5.75 Å². The van der Waals surface area contributed by atoms with Gasteiger partial charge in [0.25, 0.3) is 0 Å². The van der Waals surface area contributed by atoms with Crippen molar-refractivity contribution in [2.75, 3.05) is 7.11 Å². The second-order valence-electron chi connectivity index (χ2n) is 8.63. The minimum Gasteiger partial charge on any atom is -0.497 e. The zero-order chi connectivity index (χ0) is 23.8. The molecule has 0 saturated carbocycles. The lowest BCUT2D eigenvalue weighted by molar-refractivity contribution is 0.415. The van der Waals surface area contributed by atoms with Crippen molar-refractivity contribution >= 4 is 5.78 Å². The zero-order valence-electron chi connectivity index (χ0n) is 19.7. The fourth-order valence-electron chi connectivity index (χ4n) is 4.64. The molecule has 0 N–H and O–H groups in total. The predicted octanol–water partition coefficient (Wildman–Crippen LogP) is 7.44. The quantitative estimate of drug-likeness (QED) is 0.270. The molecule has 0 amide bonds. The number of nitrogens with zero attached hydrogens (tertiary/aromatic N) is 3. The maximum Gasteiger partial charge on any atom is 0.220 e. The lowest BCUT2D eigenvalue weighted by atomic mass is 10.0. The van der Waals surface area contributed by atoms with Crippen molar-refractivity contribution in [3.63, 3.8) is 0 Å². The van der Waals surface area contributed by atoms with E-state index in [1.165, 1.54) is 5.56 Å². The maximum absolute atomic E-state index is 5.40. The Morgan fingerprint density at radius 2 is 1.37 bits per heavy atom. The van der Waals surface area contributed by atoms with Crippen LogP contribution in [0.1, 0.15) is 5.56 Å². The molecule has 6 aromatic rings. The fraction of sp³-hybridized carbons (Fsp3) is 0.0645. The Balaban J connectivity index is 1.70. The second-order valence-corrected chi connectivity index (χ2v) is 8.63. The molecule has 2 aromatic heterocycles. The number of rotatable bonds is 5. The first-order chi connectivity index (χ1) is 17.2. The Morgan fingerprint density at radius 3 is 2.03 bits per heavy atom. The second kappa shape index (κ2) is 8.65. The number of hydrogen-bond donors (Lipinski definition) is 0. The average molecular weight is 456 g/mol. The van der Waals surface area contributed by atoms with E-state index in [4.69, 9.17) is 9.72 Å². The highest BCUT2D eigenvalue weighted by Gasteiger charge is 2.22. The van der Waals surface area contributed by atoms with E-state index < -0.39 is 0 Å². The van der Waals surface area contributed by atoms with Crippen LogP contribution < -0.4 is 4.74 Å². The third-order valence-electron chi connectivity index (χ3n) is 6.32. The van der Waals surface area contributed by atoms with Crippen molar-refractivity contribution in [1.29, 1.82) is 0 Å². The highest BCUT2D eigenvalue weighted by Crippen LogP contribution is 2.37. The van der Waals surface area contributed by atoms with E-state index in [-0.39, 0.29) is 0 Å². The van der Waals surface area contributed by atoms with Crippen molar-refractivity contribution < 1.29 is 4.74 Å². The number of hydrogen-bond acceptors (Lipinski definition) is 2. The number of ether oxygens (including phenoxy) is 1. The average Bonchev–Trinajstić information content (AvgIpc) is 3.46. The number of benzene rings is 4. The summed E-state index contributed by atoms with van der Waals surface area (Å²) in [6.07, 6.45) is 2.20. The van der Waals surface area contributed by atoms with Crippen LogP contribution >= 0.6 is 0 Å². The molecule has 0 aliphatic carbocycles. The molecule has 0 radical (unpaired) electrons. The molecular weight excluding hydrogens is 430 g/mol.